The molecule has 3 nitrogen and oxygen atoms in total. The molecule has 1 fully saturated rings. The summed E-state index contributed by atoms with van der Waals surface area (Å²) in [5.41, 5.74) is 0. The van der Waals surface area contributed by atoms with E-state index in [1.165, 1.54) is 0 Å². The lowest BCUT2D eigenvalue weighted by Crippen LogP contribution is -2.38. The molecule has 1 unspecified atom stereocenters. The lowest BCUT2D eigenvalue weighted by atomic mass is 10.2. The summed E-state index contributed by atoms with van der Waals surface area (Å²) in [4.78, 5) is 13.2. The highest BCUT2D eigenvalue weighted by atomic mass is 19.1. The minimum atomic E-state index is -0.393. The molecule has 0 N–H and O–H groups in total. The number of esters is 1. The Balaban J connectivity index is 2.42. The number of nitrogens with zero attached hydrogens (tertiary/aromatic N) is 1. The average molecular weight is 189 g/mol. The molecule has 0 aliphatic carbocycles. The zero-order valence-electron chi connectivity index (χ0n) is 7.96. The molecule has 1 saturated heterocycles. The molecule has 0 radical (unpaired) electrons. The van der Waals surface area contributed by atoms with Crippen LogP contribution in [0.4, 0.5) is 4.39 Å². The van der Waals surface area contributed by atoms with Crippen LogP contribution in [0, 0.1) is 0 Å². The summed E-state index contributed by atoms with van der Waals surface area (Å²) in [7, 11) is 0. The molecule has 0 aromatic heterocycles. The van der Waals surface area contributed by atoms with E-state index in [2.05, 4.69) is 0 Å². The number of likely N-dealkylation sites (tertiary alicyclic amines) is 1. The number of alkyl halides is 1. The molecule has 0 aromatic carbocycles. The molecule has 76 valence electrons. The summed E-state index contributed by atoms with van der Waals surface area (Å²) in [6.45, 7) is 2.96. The van der Waals surface area contributed by atoms with Crippen LogP contribution >= 0.6 is 0 Å². The molecule has 1 aliphatic rings. The third kappa shape index (κ3) is 2.66. The zero-order chi connectivity index (χ0) is 9.68. The van der Waals surface area contributed by atoms with Crippen LogP contribution in [0.1, 0.15) is 19.8 Å². The van der Waals surface area contributed by atoms with Crippen molar-refractivity contribution in [1.82, 2.24) is 4.90 Å². The van der Waals surface area contributed by atoms with Gasteiger partial charge < -0.3 is 4.74 Å². The van der Waals surface area contributed by atoms with E-state index in [1.54, 1.807) is 6.92 Å². The minimum Gasteiger partial charge on any atom is -0.465 e. The molecule has 1 atom stereocenters. The van der Waals surface area contributed by atoms with E-state index in [9.17, 15) is 9.18 Å². The maximum absolute atomic E-state index is 12.1. The molecular formula is C9H16FNO2. The van der Waals surface area contributed by atoms with Gasteiger partial charge in [0.1, 0.15) is 12.7 Å². The summed E-state index contributed by atoms with van der Waals surface area (Å²) < 4.78 is 17.0. The zero-order valence-corrected chi connectivity index (χ0v) is 7.96. The maximum atomic E-state index is 12.1. The average Bonchev–Trinajstić information content (AvgIpc) is 2.54. The first kappa shape index (κ1) is 10.4. The van der Waals surface area contributed by atoms with Crippen molar-refractivity contribution in [1.29, 1.82) is 0 Å². The minimum absolute atomic E-state index is 0.198. The van der Waals surface area contributed by atoms with E-state index < -0.39 is 6.67 Å². The van der Waals surface area contributed by atoms with E-state index in [4.69, 9.17) is 4.74 Å². The first-order valence-corrected chi connectivity index (χ1v) is 4.76. The normalized spacial score (nSPS) is 23.4. The lowest BCUT2D eigenvalue weighted by molar-refractivity contribution is -0.148. The summed E-state index contributed by atoms with van der Waals surface area (Å²) in [5, 5.41) is 0. The van der Waals surface area contributed by atoms with E-state index >= 15 is 0 Å². The highest BCUT2D eigenvalue weighted by molar-refractivity contribution is 5.76. The second-order valence-electron chi connectivity index (χ2n) is 3.14. The van der Waals surface area contributed by atoms with Crippen molar-refractivity contribution in [2.45, 2.75) is 25.8 Å². The third-order valence-electron chi connectivity index (χ3n) is 2.29. The second kappa shape index (κ2) is 5.17. The predicted octanol–water partition coefficient (Wildman–Crippen LogP) is 0.983. The Morgan fingerprint density at radius 3 is 3.08 bits per heavy atom. The van der Waals surface area contributed by atoms with Crippen molar-refractivity contribution in [2.75, 3.05) is 26.4 Å². The van der Waals surface area contributed by atoms with Gasteiger partial charge in [0.15, 0.2) is 0 Å². The predicted molar refractivity (Wildman–Crippen MR) is 47.2 cm³/mol. The van der Waals surface area contributed by atoms with Gasteiger partial charge in [0.2, 0.25) is 0 Å². The van der Waals surface area contributed by atoms with Crippen LogP contribution < -0.4 is 0 Å². The van der Waals surface area contributed by atoms with Crippen molar-refractivity contribution >= 4 is 5.97 Å². The van der Waals surface area contributed by atoms with Crippen molar-refractivity contribution in [3.63, 3.8) is 0 Å². The van der Waals surface area contributed by atoms with Crippen LogP contribution in [0.5, 0.6) is 0 Å². The SMILES string of the molecule is CCOC(=O)C1CCCN1CCF. The summed E-state index contributed by atoms with van der Waals surface area (Å²) in [5.74, 6) is -0.201. The molecule has 0 saturated carbocycles. The van der Waals surface area contributed by atoms with Gasteiger partial charge in [-0.25, -0.2) is 4.39 Å². The Hall–Kier alpha value is -0.640. The molecule has 0 bridgehead atoms. The summed E-state index contributed by atoms with van der Waals surface area (Å²) in [6, 6.07) is -0.198. The molecule has 1 aliphatic heterocycles. The van der Waals surface area contributed by atoms with Gasteiger partial charge in [-0.2, -0.15) is 0 Å². The quantitative estimate of drug-likeness (QED) is 0.617. The standard InChI is InChI=1S/C9H16FNO2/c1-2-13-9(12)8-4-3-6-11(8)7-5-10/h8H,2-7H2,1H3. The first-order valence-electron chi connectivity index (χ1n) is 4.76. The number of ether oxygens (including phenoxy) is 1. The van der Waals surface area contributed by atoms with Gasteiger partial charge in [-0.15, -0.1) is 0 Å². The molecule has 1 heterocycles. The van der Waals surface area contributed by atoms with Gasteiger partial charge >= 0.3 is 5.97 Å². The fourth-order valence-corrected chi connectivity index (χ4v) is 1.71. The van der Waals surface area contributed by atoms with Crippen LogP contribution in [0.25, 0.3) is 0 Å². The molecule has 4 heteroatoms. The van der Waals surface area contributed by atoms with Crippen molar-refractivity contribution in [2.24, 2.45) is 0 Å². The van der Waals surface area contributed by atoms with Crippen molar-refractivity contribution in [3.05, 3.63) is 0 Å². The number of carbonyl (C=O) groups excluding carboxylic acids is 1. The number of rotatable bonds is 4. The molecular weight excluding hydrogens is 173 g/mol. The van der Waals surface area contributed by atoms with Gasteiger partial charge in [0.05, 0.1) is 6.61 Å². The number of hydrogen-bond acceptors (Lipinski definition) is 3. The summed E-state index contributed by atoms with van der Waals surface area (Å²) in [6.07, 6.45) is 1.77. The Kier molecular flexibility index (Phi) is 4.15. The molecule has 1 rings (SSSR count). The number of halogens is 1. The van der Waals surface area contributed by atoms with Crippen LogP contribution in [-0.4, -0.2) is 43.3 Å². The van der Waals surface area contributed by atoms with Crippen molar-refractivity contribution < 1.29 is 13.9 Å². The van der Waals surface area contributed by atoms with Gasteiger partial charge in [0.25, 0.3) is 0 Å². The smallest absolute Gasteiger partial charge is 0.323 e. The van der Waals surface area contributed by atoms with Crippen molar-refractivity contribution in [3.8, 4) is 0 Å². The fourth-order valence-electron chi connectivity index (χ4n) is 1.71. The Labute approximate surface area is 77.9 Å². The number of hydrogen-bond donors (Lipinski definition) is 0. The Morgan fingerprint density at radius 2 is 2.46 bits per heavy atom. The molecule has 13 heavy (non-hydrogen) atoms. The maximum Gasteiger partial charge on any atom is 0.323 e. The van der Waals surface area contributed by atoms with E-state index in [0.29, 0.717) is 13.2 Å². The molecule has 0 amide bonds. The molecule has 0 aromatic rings. The second-order valence-corrected chi connectivity index (χ2v) is 3.14. The topological polar surface area (TPSA) is 29.5 Å². The van der Waals surface area contributed by atoms with E-state index in [-0.39, 0.29) is 12.0 Å². The van der Waals surface area contributed by atoms with Gasteiger partial charge in [-0.3, -0.25) is 9.69 Å². The van der Waals surface area contributed by atoms with Crippen LogP contribution in [0.15, 0.2) is 0 Å². The summed E-state index contributed by atoms with van der Waals surface area (Å²) >= 11 is 0. The van der Waals surface area contributed by atoms with Gasteiger partial charge in [-0.05, 0) is 26.3 Å². The van der Waals surface area contributed by atoms with E-state index in [0.717, 1.165) is 19.4 Å². The van der Waals surface area contributed by atoms with Gasteiger partial charge in [0, 0.05) is 6.54 Å². The monoisotopic (exact) mass is 189 g/mol. The van der Waals surface area contributed by atoms with Gasteiger partial charge in [-0.1, -0.05) is 0 Å². The third-order valence-corrected chi connectivity index (χ3v) is 2.29. The highest BCUT2D eigenvalue weighted by Crippen LogP contribution is 2.17. The highest BCUT2D eigenvalue weighted by Gasteiger charge is 2.31. The lowest BCUT2D eigenvalue weighted by Gasteiger charge is -2.20. The van der Waals surface area contributed by atoms with Crippen LogP contribution in [0.2, 0.25) is 0 Å². The largest absolute Gasteiger partial charge is 0.465 e. The molecule has 0 spiro atoms. The van der Waals surface area contributed by atoms with Crippen LogP contribution in [-0.2, 0) is 9.53 Å². The fraction of sp³-hybridized carbons (Fsp3) is 0.889. The Morgan fingerprint density at radius 1 is 1.69 bits per heavy atom. The number of carbonyl (C=O) groups is 1. The van der Waals surface area contributed by atoms with E-state index in [1.807, 2.05) is 4.90 Å². The Bertz CT molecular complexity index is 175. The first-order chi connectivity index (χ1) is 6.29. The van der Waals surface area contributed by atoms with Crippen LogP contribution in [0.3, 0.4) is 0 Å².